The summed E-state index contributed by atoms with van der Waals surface area (Å²) in [6.45, 7) is 4.49. The van der Waals surface area contributed by atoms with Gasteiger partial charge in [-0.1, -0.05) is 25.7 Å². The number of hydrogen-bond acceptors (Lipinski definition) is 3. The van der Waals surface area contributed by atoms with Crippen LogP contribution in [0.1, 0.15) is 57.8 Å². The van der Waals surface area contributed by atoms with E-state index in [1.54, 1.807) is 0 Å². The minimum atomic E-state index is -0.710. The van der Waals surface area contributed by atoms with Crippen LogP contribution in [0.25, 0.3) is 0 Å². The molecule has 134 valence electrons. The first-order chi connectivity index (χ1) is 10.6. The third-order valence-corrected chi connectivity index (χ3v) is 5.08. The van der Waals surface area contributed by atoms with Gasteiger partial charge in [-0.25, -0.2) is 0 Å². The predicted octanol–water partition coefficient (Wildman–Crippen LogP) is 2.78. The van der Waals surface area contributed by atoms with Crippen LogP contribution in [0, 0.1) is 5.92 Å². The van der Waals surface area contributed by atoms with Gasteiger partial charge in [-0.3, -0.25) is 14.5 Å². The molecule has 0 unspecified atom stereocenters. The van der Waals surface area contributed by atoms with Crippen LogP contribution in [-0.2, 0) is 9.59 Å². The topological polar surface area (TPSA) is 60.9 Å². The van der Waals surface area contributed by atoms with Gasteiger partial charge < -0.3 is 10.0 Å². The highest BCUT2D eigenvalue weighted by atomic mass is 35.5. The number of amides is 1. The lowest BCUT2D eigenvalue weighted by Crippen LogP contribution is -2.48. The minimum absolute atomic E-state index is 0. The highest BCUT2D eigenvalue weighted by Gasteiger charge is 2.22. The number of piperazine rings is 1. The van der Waals surface area contributed by atoms with Gasteiger partial charge >= 0.3 is 5.97 Å². The van der Waals surface area contributed by atoms with Crippen molar-refractivity contribution in [1.29, 1.82) is 0 Å². The van der Waals surface area contributed by atoms with Crippen molar-refractivity contribution in [2.75, 3.05) is 32.7 Å². The number of aliphatic carboxylic acids is 1. The summed E-state index contributed by atoms with van der Waals surface area (Å²) in [6.07, 6.45) is 9.07. The van der Waals surface area contributed by atoms with Crippen LogP contribution in [0.5, 0.6) is 0 Å². The van der Waals surface area contributed by atoms with Crippen LogP contribution in [0.2, 0.25) is 0 Å². The van der Waals surface area contributed by atoms with Crippen molar-refractivity contribution in [3.05, 3.63) is 0 Å². The number of halogens is 1. The van der Waals surface area contributed by atoms with Crippen LogP contribution >= 0.6 is 12.4 Å². The summed E-state index contributed by atoms with van der Waals surface area (Å²) >= 11 is 0. The van der Waals surface area contributed by atoms with Crippen molar-refractivity contribution in [3.8, 4) is 0 Å². The third-order valence-electron chi connectivity index (χ3n) is 5.08. The smallest absolute Gasteiger partial charge is 0.303 e. The molecule has 0 aromatic heterocycles. The zero-order valence-corrected chi connectivity index (χ0v) is 14.9. The van der Waals surface area contributed by atoms with Crippen LogP contribution in [0.15, 0.2) is 0 Å². The second-order valence-electron chi connectivity index (χ2n) is 6.76. The fourth-order valence-electron chi connectivity index (χ4n) is 3.62. The van der Waals surface area contributed by atoms with Crippen molar-refractivity contribution in [3.63, 3.8) is 0 Å². The van der Waals surface area contributed by atoms with Gasteiger partial charge in [0, 0.05) is 39.0 Å². The molecular formula is C17H31ClN2O3. The van der Waals surface area contributed by atoms with Gasteiger partial charge in [-0.15, -0.1) is 12.4 Å². The Hall–Kier alpha value is -0.810. The van der Waals surface area contributed by atoms with Gasteiger partial charge in [0.15, 0.2) is 0 Å². The fourth-order valence-corrected chi connectivity index (χ4v) is 3.62. The molecule has 2 aliphatic rings. The molecule has 0 atom stereocenters. The number of unbranched alkanes of at least 4 members (excludes halogenated alkanes) is 1. The highest BCUT2D eigenvalue weighted by Crippen LogP contribution is 2.28. The predicted molar refractivity (Wildman–Crippen MR) is 92.9 cm³/mol. The summed E-state index contributed by atoms with van der Waals surface area (Å²) in [4.78, 5) is 27.1. The Labute approximate surface area is 145 Å². The number of carboxylic acids is 1. The van der Waals surface area contributed by atoms with Crippen LogP contribution < -0.4 is 0 Å². The number of rotatable bonds is 8. The number of carbonyl (C=O) groups is 2. The Morgan fingerprint density at radius 2 is 1.61 bits per heavy atom. The molecule has 0 aromatic rings. The maximum atomic E-state index is 12.2. The second-order valence-corrected chi connectivity index (χ2v) is 6.76. The molecule has 0 radical (unpaired) electrons. The van der Waals surface area contributed by atoms with E-state index in [1.807, 2.05) is 4.90 Å². The molecule has 23 heavy (non-hydrogen) atoms. The van der Waals surface area contributed by atoms with Crippen molar-refractivity contribution in [2.24, 2.45) is 5.92 Å². The van der Waals surface area contributed by atoms with E-state index in [-0.39, 0.29) is 18.8 Å². The lowest BCUT2D eigenvalue weighted by atomic mass is 10.0. The first-order valence-electron chi connectivity index (χ1n) is 8.87. The number of nitrogens with zero attached hydrogens (tertiary/aromatic N) is 2. The summed E-state index contributed by atoms with van der Waals surface area (Å²) < 4.78 is 0. The Bertz CT molecular complexity index is 365. The molecule has 1 aliphatic heterocycles. The van der Waals surface area contributed by atoms with Gasteiger partial charge in [-0.2, -0.15) is 0 Å². The summed E-state index contributed by atoms with van der Waals surface area (Å²) in [6, 6.07) is 0. The monoisotopic (exact) mass is 346 g/mol. The van der Waals surface area contributed by atoms with Gasteiger partial charge in [0.25, 0.3) is 0 Å². The summed E-state index contributed by atoms with van der Waals surface area (Å²) in [5.74, 6) is 0.412. The third kappa shape index (κ3) is 7.53. The Kier molecular flexibility index (Phi) is 9.56. The molecule has 1 saturated heterocycles. The summed E-state index contributed by atoms with van der Waals surface area (Å²) in [7, 11) is 0. The molecule has 1 amide bonds. The molecule has 1 saturated carbocycles. The van der Waals surface area contributed by atoms with E-state index in [2.05, 4.69) is 4.90 Å². The number of carbonyl (C=O) groups excluding carboxylic acids is 1. The van der Waals surface area contributed by atoms with E-state index in [1.165, 1.54) is 25.7 Å². The van der Waals surface area contributed by atoms with Gasteiger partial charge in [-0.05, 0) is 31.7 Å². The van der Waals surface area contributed by atoms with E-state index in [4.69, 9.17) is 5.11 Å². The number of hydrogen-bond donors (Lipinski definition) is 1. The van der Waals surface area contributed by atoms with Gasteiger partial charge in [0.1, 0.15) is 0 Å². The Balaban J connectivity index is 0.00000264. The maximum Gasteiger partial charge on any atom is 0.303 e. The molecule has 0 bridgehead atoms. The molecule has 5 nitrogen and oxygen atoms in total. The molecule has 1 aliphatic carbocycles. The Morgan fingerprint density at radius 1 is 0.957 bits per heavy atom. The lowest BCUT2D eigenvalue weighted by Gasteiger charge is -2.35. The SMILES string of the molecule is Cl.O=C(O)CCCCN1CCN(C(=O)CCC2CCCC2)CC1. The maximum absolute atomic E-state index is 12.2. The summed E-state index contributed by atoms with van der Waals surface area (Å²) in [5.41, 5.74) is 0. The molecule has 2 fully saturated rings. The van der Waals surface area contributed by atoms with Crippen LogP contribution in [0.3, 0.4) is 0 Å². The highest BCUT2D eigenvalue weighted by molar-refractivity contribution is 5.85. The molecule has 6 heteroatoms. The van der Waals surface area contributed by atoms with Gasteiger partial charge in [0.2, 0.25) is 5.91 Å². The number of carboxylic acid groups (broad SMARTS) is 1. The van der Waals surface area contributed by atoms with E-state index in [0.717, 1.165) is 64.3 Å². The lowest BCUT2D eigenvalue weighted by molar-refractivity contribution is -0.137. The molecule has 1 heterocycles. The first-order valence-corrected chi connectivity index (χ1v) is 8.87. The molecular weight excluding hydrogens is 316 g/mol. The van der Waals surface area contributed by atoms with Crippen molar-refractivity contribution >= 4 is 24.3 Å². The van der Waals surface area contributed by atoms with Crippen LogP contribution in [-0.4, -0.2) is 59.5 Å². The Morgan fingerprint density at radius 3 is 2.22 bits per heavy atom. The quantitative estimate of drug-likeness (QED) is 0.686. The van der Waals surface area contributed by atoms with Gasteiger partial charge in [0.05, 0.1) is 0 Å². The average Bonchev–Trinajstić information content (AvgIpc) is 3.03. The molecule has 0 spiro atoms. The standard InChI is InChI=1S/C17H30N2O3.ClH/c20-16(9-8-15-5-1-2-6-15)19-13-11-18(12-14-19)10-4-3-7-17(21)22;/h15H,1-14H2,(H,21,22);1H. The van der Waals surface area contributed by atoms with Crippen molar-refractivity contribution < 1.29 is 14.7 Å². The van der Waals surface area contributed by atoms with E-state index >= 15 is 0 Å². The van der Waals surface area contributed by atoms with E-state index in [9.17, 15) is 9.59 Å². The molecule has 1 N–H and O–H groups in total. The zero-order chi connectivity index (χ0) is 15.8. The largest absolute Gasteiger partial charge is 0.481 e. The van der Waals surface area contributed by atoms with Crippen LogP contribution in [0.4, 0.5) is 0 Å². The average molecular weight is 347 g/mol. The van der Waals surface area contributed by atoms with E-state index in [0.29, 0.717) is 5.91 Å². The van der Waals surface area contributed by atoms with Crippen molar-refractivity contribution in [1.82, 2.24) is 9.80 Å². The first kappa shape index (κ1) is 20.2. The fraction of sp³-hybridized carbons (Fsp3) is 0.882. The van der Waals surface area contributed by atoms with Crippen molar-refractivity contribution in [2.45, 2.75) is 57.8 Å². The molecule has 0 aromatic carbocycles. The normalized spacial score (nSPS) is 19.6. The molecule has 2 rings (SSSR count). The zero-order valence-electron chi connectivity index (χ0n) is 14.0. The van der Waals surface area contributed by atoms with E-state index < -0.39 is 5.97 Å². The minimum Gasteiger partial charge on any atom is -0.481 e. The second kappa shape index (κ2) is 10.9. The summed E-state index contributed by atoms with van der Waals surface area (Å²) in [5, 5.41) is 8.62.